The third-order valence-corrected chi connectivity index (χ3v) is 3.74. The summed E-state index contributed by atoms with van der Waals surface area (Å²) < 4.78 is 5.77. The summed E-state index contributed by atoms with van der Waals surface area (Å²) >= 11 is 0. The fourth-order valence-corrected chi connectivity index (χ4v) is 2.32. The van der Waals surface area contributed by atoms with E-state index in [0.29, 0.717) is 29.3 Å². The van der Waals surface area contributed by atoms with E-state index in [1.807, 2.05) is 51.1 Å². The van der Waals surface area contributed by atoms with Gasteiger partial charge in [0.25, 0.3) is 5.91 Å². The Kier molecular flexibility index (Phi) is 5.50. The van der Waals surface area contributed by atoms with Crippen LogP contribution in [0, 0.1) is 0 Å². The Morgan fingerprint density at radius 1 is 1.16 bits per heavy atom. The van der Waals surface area contributed by atoms with Gasteiger partial charge in [-0.2, -0.15) is 0 Å². The fourth-order valence-electron chi connectivity index (χ4n) is 2.32. The van der Waals surface area contributed by atoms with Crippen molar-refractivity contribution in [3.05, 3.63) is 59.5 Å². The average Bonchev–Trinajstić information content (AvgIpc) is 2.98. The Hall–Kier alpha value is -2.37. The van der Waals surface area contributed by atoms with Gasteiger partial charge in [0, 0.05) is 23.2 Å². The van der Waals surface area contributed by atoms with Gasteiger partial charge in [0.05, 0.1) is 0 Å². The van der Waals surface area contributed by atoms with Gasteiger partial charge in [-0.05, 0) is 35.9 Å². The molecule has 3 N–H and O–H groups in total. The lowest BCUT2D eigenvalue weighted by Gasteiger charge is -2.11. The zero-order valence-corrected chi connectivity index (χ0v) is 15.3. The molecule has 0 saturated heterocycles. The van der Waals surface area contributed by atoms with Crippen LogP contribution in [-0.4, -0.2) is 10.9 Å². The molecule has 1 heterocycles. The number of hydrogen-bond donors (Lipinski definition) is 2. The van der Waals surface area contributed by atoms with Crippen LogP contribution in [-0.2, 0) is 12.0 Å². The number of halogens is 1. The number of benzene rings is 2. The molecule has 0 atom stereocenters. The maximum absolute atomic E-state index is 12.3. The number of amides is 1. The molecular weight excluding hydrogens is 338 g/mol. The molecule has 0 bridgehead atoms. The normalized spacial score (nSPS) is 11.2. The van der Waals surface area contributed by atoms with Gasteiger partial charge in [-0.25, -0.2) is 4.98 Å². The Bertz CT molecular complexity index is 880. The SMILES string of the molecule is CC(C)(C)c1nc2cc(NC(=O)c3ccc(CN)cc3)ccc2o1.Cl. The molecule has 0 aliphatic heterocycles. The van der Waals surface area contributed by atoms with E-state index in [2.05, 4.69) is 10.3 Å². The van der Waals surface area contributed by atoms with Crippen LogP contribution in [0.5, 0.6) is 0 Å². The van der Waals surface area contributed by atoms with Crippen molar-refractivity contribution in [1.29, 1.82) is 0 Å². The van der Waals surface area contributed by atoms with E-state index in [9.17, 15) is 4.79 Å². The highest BCUT2D eigenvalue weighted by Gasteiger charge is 2.21. The highest BCUT2D eigenvalue weighted by molar-refractivity contribution is 6.04. The van der Waals surface area contributed by atoms with E-state index in [1.54, 1.807) is 12.1 Å². The monoisotopic (exact) mass is 359 g/mol. The second kappa shape index (κ2) is 7.25. The zero-order valence-electron chi connectivity index (χ0n) is 14.5. The summed E-state index contributed by atoms with van der Waals surface area (Å²) in [6.07, 6.45) is 0. The maximum atomic E-state index is 12.3. The first-order valence-corrected chi connectivity index (χ1v) is 7.88. The minimum Gasteiger partial charge on any atom is -0.440 e. The molecular formula is C19H22ClN3O2. The number of hydrogen-bond acceptors (Lipinski definition) is 4. The van der Waals surface area contributed by atoms with Crippen molar-refractivity contribution in [2.24, 2.45) is 5.73 Å². The number of nitrogens with two attached hydrogens (primary N) is 1. The lowest BCUT2D eigenvalue weighted by atomic mass is 9.97. The lowest BCUT2D eigenvalue weighted by molar-refractivity contribution is 0.102. The van der Waals surface area contributed by atoms with Crippen LogP contribution in [0.4, 0.5) is 5.69 Å². The van der Waals surface area contributed by atoms with Crippen molar-refractivity contribution in [1.82, 2.24) is 4.98 Å². The standard InChI is InChI=1S/C19H21N3O2.ClH/c1-19(2,3)18-22-15-10-14(8-9-16(15)24-18)21-17(23)13-6-4-12(11-20)5-7-13;/h4-10H,11,20H2,1-3H3,(H,21,23);1H. The molecule has 5 nitrogen and oxygen atoms in total. The molecule has 0 aliphatic carbocycles. The molecule has 6 heteroatoms. The van der Waals surface area contributed by atoms with Crippen LogP contribution in [0.3, 0.4) is 0 Å². The maximum Gasteiger partial charge on any atom is 0.255 e. The molecule has 0 unspecified atom stereocenters. The van der Waals surface area contributed by atoms with E-state index >= 15 is 0 Å². The summed E-state index contributed by atoms with van der Waals surface area (Å²) in [6.45, 7) is 6.60. The third-order valence-electron chi connectivity index (χ3n) is 3.74. The fraction of sp³-hybridized carbons (Fsp3) is 0.263. The van der Waals surface area contributed by atoms with Gasteiger partial charge < -0.3 is 15.5 Å². The first kappa shape index (κ1) is 19.0. The molecule has 3 aromatic rings. The molecule has 0 spiro atoms. The van der Waals surface area contributed by atoms with Gasteiger partial charge in [-0.3, -0.25) is 4.79 Å². The van der Waals surface area contributed by atoms with E-state index in [-0.39, 0.29) is 23.7 Å². The number of carbonyl (C=O) groups is 1. The highest BCUT2D eigenvalue weighted by atomic mass is 35.5. The minimum atomic E-state index is -0.169. The van der Waals surface area contributed by atoms with Crippen molar-refractivity contribution < 1.29 is 9.21 Å². The number of anilines is 1. The molecule has 0 aliphatic rings. The van der Waals surface area contributed by atoms with Gasteiger partial charge >= 0.3 is 0 Å². The topological polar surface area (TPSA) is 81.2 Å². The first-order chi connectivity index (χ1) is 11.4. The molecule has 0 radical (unpaired) electrons. The van der Waals surface area contributed by atoms with E-state index in [4.69, 9.17) is 10.2 Å². The summed E-state index contributed by atoms with van der Waals surface area (Å²) in [5.41, 5.74) is 9.12. The number of fused-ring (bicyclic) bond motifs is 1. The van der Waals surface area contributed by atoms with Crippen molar-refractivity contribution in [2.45, 2.75) is 32.7 Å². The molecule has 2 aromatic carbocycles. The highest BCUT2D eigenvalue weighted by Crippen LogP contribution is 2.27. The predicted molar refractivity (Wildman–Crippen MR) is 102 cm³/mol. The Balaban J connectivity index is 0.00000225. The Morgan fingerprint density at radius 3 is 2.44 bits per heavy atom. The summed E-state index contributed by atoms with van der Waals surface area (Å²) in [7, 11) is 0. The molecule has 1 amide bonds. The first-order valence-electron chi connectivity index (χ1n) is 7.88. The molecule has 3 rings (SSSR count). The number of nitrogens with zero attached hydrogens (tertiary/aromatic N) is 1. The Morgan fingerprint density at radius 2 is 1.84 bits per heavy atom. The molecule has 0 fully saturated rings. The van der Waals surface area contributed by atoms with Crippen molar-refractivity contribution >= 4 is 35.1 Å². The van der Waals surface area contributed by atoms with Gasteiger partial charge in [0.15, 0.2) is 5.58 Å². The summed E-state index contributed by atoms with van der Waals surface area (Å²) in [6, 6.07) is 12.7. The second-order valence-electron chi connectivity index (χ2n) is 6.81. The average molecular weight is 360 g/mol. The quantitative estimate of drug-likeness (QED) is 0.732. The lowest BCUT2D eigenvalue weighted by Crippen LogP contribution is -2.12. The largest absolute Gasteiger partial charge is 0.440 e. The van der Waals surface area contributed by atoms with Crippen molar-refractivity contribution in [3.8, 4) is 0 Å². The van der Waals surface area contributed by atoms with Crippen LogP contribution < -0.4 is 11.1 Å². The van der Waals surface area contributed by atoms with Crippen LogP contribution >= 0.6 is 12.4 Å². The van der Waals surface area contributed by atoms with Crippen LogP contribution in [0.2, 0.25) is 0 Å². The number of rotatable bonds is 3. The van der Waals surface area contributed by atoms with E-state index in [1.165, 1.54) is 0 Å². The number of nitrogens with one attached hydrogen (secondary N) is 1. The van der Waals surface area contributed by atoms with Gasteiger partial charge in [-0.1, -0.05) is 32.9 Å². The van der Waals surface area contributed by atoms with Crippen molar-refractivity contribution in [3.63, 3.8) is 0 Å². The van der Waals surface area contributed by atoms with E-state index in [0.717, 1.165) is 11.1 Å². The van der Waals surface area contributed by atoms with Crippen LogP contribution in [0.15, 0.2) is 46.9 Å². The summed E-state index contributed by atoms with van der Waals surface area (Å²) in [4.78, 5) is 16.8. The van der Waals surface area contributed by atoms with Gasteiger partial charge in [0.1, 0.15) is 5.52 Å². The summed E-state index contributed by atoms with van der Waals surface area (Å²) in [5.74, 6) is 0.510. The van der Waals surface area contributed by atoms with Crippen LogP contribution in [0.1, 0.15) is 42.6 Å². The zero-order chi connectivity index (χ0) is 17.3. The molecule has 25 heavy (non-hydrogen) atoms. The van der Waals surface area contributed by atoms with Gasteiger partial charge in [0.2, 0.25) is 5.89 Å². The van der Waals surface area contributed by atoms with Crippen molar-refractivity contribution in [2.75, 3.05) is 5.32 Å². The number of carbonyl (C=O) groups excluding carboxylic acids is 1. The number of oxazole rings is 1. The number of aromatic nitrogens is 1. The van der Waals surface area contributed by atoms with Crippen LogP contribution in [0.25, 0.3) is 11.1 Å². The second-order valence-corrected chi connectivity index (χ2v) is 6.81. The Labute approximate surface area is 153 Å². The summed E-state index contributed by atoms with van der Waals surface area (Å²) in [5, 5.41) is 2.88. The third kappa shape index (κ3) is 4.18. The molecule has 132 valence electrons. The molecule has 0 saturated carbocycles. The minimum absolute atomic E-state index is 0. The van der Waals surface area contributed by atoms with Gasteiger partial charge in [-0.15, -0.1) is 12.4 Å². The van der Waals surface area contributed by atoms with E-state index < -0.39 is 0 Å². The molecule has 1 aromatic heterocycles. The smallest absolute Gasteiger partial charge is 0.255 e. The predicted octanol–water partition coefficient (Wildman–Crippen LogP) is 4.26.